The van der Waals surface area contributed by atoms with Crippen molar-refractivity contribution in [1.82, 2.24) is 24.4 Å². The summed E-state index contributed by atoms with van der Waals surface area (Å²) in [5.74, 6) is 0.227. The van der Waals surface area contributed by atoms with Crippen LogP contribution >= 0.6 is 0 Å². The molecule has 0 radical (unpaired) electrons. The van der Waals surface area contributed by atoms with Crippen molar-refractivity contribution in [2.45, 2.75) is 33.1 Å². The van der Waals surface area contributed by atoms with Gasteiger partial charge in [0.05, 0.1) is 46.4 Å². The number of aryl methyl sites for hydroxylation is 2. The molecule has 1 saturated heterocycles. The van der Waals surface area contributed by atoms with E-state index in [1.165, 1.54) is 0 Å². The van der Waals surface area contributed by atoms with E-state index in [1.807, 2.05) is 29.9 Å². The van der Waals surface area contributed by atoms with Crippen LogP contribution in [0.15, 0.2) is 47.5 Å². The Hall–Kier alpha value is -3.06. The molecular formula is C23H28N6O. The molecule has 0 saturated carbocycles. The maximum Gasteiger partial charge on any atom is 0.255 e. The zero-order valence-corrected chi connectivity index (χ0v) is 17.9. The van der Waals surface area contributed by atoms with Crippen LogP contribution in [0.1, 0.15) is 36.8 Å². The molecule has 7 nitrogen and oxygen atoms in total. The lowest BCUT2D eigenvalue weighted by molar-refractivity contribution is -0.121. The summed E-state index contributed by atoms with van der Waals surface area (Å²) in [5.41, 5.74) is 5.14. The van der Waals surface area contributed by atoms with Gasteiger partial charge in [-0.05, 0) is 58.5 Å². The number of aromatic nitrogens is 3. The van der Waals surface area contributed by atoms with Gasteiger partial charge in [-0.3, -0.25) is 19.7 Å². The summed E-state index contributed by atoms with van der Waals surface area (Å²) in [6, 6.07) is 1.96. The first-order valence-electron chi connectivity index (χ1n) is 10.4. The highest BCUT2D eigenvalue weighted by Gasteiger charge is 2.24. The highest BCUT2D eigenvalue weighted by molar-refractivity contribution is 5.98. The van der Waals surface area contributed by atoms with Crippen molar-refractivity contribution in [3.8, 4) is 0 Å². The molecule has 7 heteroatoms. The molecule has 0 spiro atoms. The minimum Gasteiger partial charge on any atom is -0.306 e. The molecule has 0 N–H and O–H groups in total. The topological polar surface area (TPSA) is 66.1 Å². The maximum atomic E-state index is 12.9. The maximum absolute atomic E-state index is 12.9. The van der Waals surface area contributed by atoms with Gasteiger partial charge in [-0.2, -0.15) is 5.10 Å². The molecule has 0 aromatic carbocycles. The van der Waals surface area contributed by atoms with Crippen molar-refractivity contribution < 1.29 is 4.79 Å². The van der Waals surface area contributed by atoms with Crippen LogP contribution in [0.2, 0.25) is 0 Å². The van der Waals surface area contributed by atoms with E-state index in [9.17, 15) is 4.79 Å². The van der Waals surface area contributed by atoms with Crippen molar-refractivity contribution in [3.05, 3.63) is 59.6 Å². The molecule has 4 rings (SSSR count). The molecule has 0 unspecified atom stereocenters. The minimum absolute atomic E-state index is 0.154. The quantitative estimate of drug-likeness (QED) is 0.734. The number of carbonyl (C=O) groups excluding carboxylic acids is 1. The zero-order chi connectivity index (χ0) is 21.3. The van der Waals surface area contributed by atoms with Gasteiger partial charge in [-0.25, -0.2) is 4.52 Å². The number of hydrogen-bond donors (Lipinski definition) is 0. The SMILES string of the molecule is C=C1C=NC(C2CCN(C)CC2)=CN1C(=O)C=Cc1cc2c(CC)nc(C)cn2n1. The molecule has 0 bridgehead atoms. The lowest BCUT2D eigenvalue weighted by atomic mass is 9.93. The number of aliphatic imine (C=N–C) groups is 1. The highest BCUT2D eigenvalue weighted by atomic mass is 16.2. The second kappa shape index (κ2) is 8.36. The summed E-state index contributed by atoms with van der Waals surface area (Å²) in [6.07, 6.45) is 11.6. The Labute approximate surface area is 177 Å². The van der Waals surface area contributed by atoms with Gasteiger partial charge in [0.2, 0.25) is 0 Å². The van der Waals surface area contributed by atoms with Gasteiger partial charge in [-0.15, -0.1) is 0 Å². The molecule has 156 valence electrons. The number of fused-ring (bicyclic) bond motifs is 1. The van der Waals surface area contributed by atoms with Gasteiger partial charge in [-0.1, -0.05) is 13.5 Å². The monoisotopic (exact) mass is 404 g/mol. The number of nitrogens with zero attached hydrogens (tertiary/aromatic N) is 6. The van der Waals surface area contributed by atoms with E-state index in [-0.39, 0.29) is 5.91 Å². The third-order valence-electron chi connectivity index (χ3n) is 5.71. The average Bonchev–Trinajstić information content (AvgIpc) is 3.15. The Morgan fingerprint density at radius 1 is 1.33 bits per heavy atom. The summed E-state index contributed by atoms with van der Waals surface area (Å²) in [5, 5.41) is 4.56. The minimum atomic E-state index is -0.154. The summed E-state index contributed by atoms with van der Waals surface area (Å²) in [6.45, 7) is 10.1. The van der Waals surface area contributed by atoms with E-state index in [4.69, 9.17) is 0 Å². The molecule has 0 aliphatic carbocycles. The second-order valence-corrected chi connectivity index (χ2v) is 8.00. The normalized spacial score (nSPS) is 18.6. The lowest BCUT2D eigenvalue weighted by Crippen LogP contribution is -2.33. The van der Waals surface area contributed by atoms with Crippen LogP contribution in [0.4, 0.5) is 0 Å². The number of likely N-dealkylation sites (tertiary alicyclic amines) is 1. The molecule has 2 aliphatic heterocycles. The Bertz CT molecular complexity index is 1070. The van der Waals surface area contributed by atoms with E-state index in [0.29, 0.717) is 11.6 Å². The number of rotatable bonds is 4. The Balaban J connectivity index is 1.52. The van der Waals surface area contributed by atoms with Crippen LogP contribution in [0, 0.1) is 12.8 Å². The van der Waals surface area contributed by atoms with Crippen molar-refractivity contribution in [2.75, 3.05) is 20.1 Å². The molecule has 2 aromatic heterocycles. The Morgan fingerprint density at radius 2 is 2.10 bits per heavy atom. The van der Waals surface area contributed by atoms with E-state index in [0.717, 1.165) is 60.6 Å². The fourth-order valence-electron chi connectivity index (χ4n) is 3.96. The van der Waals surface area contributed by atoms with Gasteiger partial charge in [0, 0.05) is 18.2 Å². The number of amides is 1. The standard InChI is InChI=1S/C23H28N6O/c1-5-20-22-12-19(26-29(22)14-16(2)25-20)6-7-23(30)28-15-21(24-13-17(28)3)18-8-10-27(4)11-9-18/h6-7,12-15,18H,3,5,8-11H2,1-2,4H3. The molecule has 2 aromatic rings. The average molecular weight is 405 g/mol. The lowest BCUT2D eigenvalue weighted by Gasteiger charge is -2.31. The van der Waals surface area contributed by atoms with Gasteiger partial charge < -0.3 is 4.90 Å². The summed E-state index contributed by atoms with van der Waals surface area (Å²) >= 11 is 0. The Kier molecular flexibility index (Phi) is 5.63. The highest BCUT2D eigenvalue weighted by Crippen LogP contribution is 2.28. The number of piperidine rings is 1. The van der Waals surface area contributed by atoms with Crippen LogP contribution in [0.25, 0.3) is 11.6 Å². The first-order valence-corrected chi connectivity index (χ1v) is 10.4. The fourth-order valence-corrected chi connectivity index (χ4v) is 3.96. The summed E-state index contributed by atoms with van der Waals surface area (Å²) in [7, 11) is 2.14. The van der Waals surface area contributed by atoms with Crippen LogP contribution in [-0.4, -0.2) is 56.7 Å². The van der Waals surface area contributed by atoms with Crippen molar-refractivity contribution in [2.24, 2.45) is 10.9 Å². The van der Waals surface area contributed by atoms with Crippen molar-refractivity contribution >= 4 is 23.7 Å². The number of allylic oxidation sites excluding steroid dienone is 2. The smallest absolute Gasteiger partial charge is 0.255 e. The predicted octanol–water partition coefficient (Wildman–Crippen LogP) is 3.22. The molecular weight excluding hydrogens is 376 g/mol. The first kappa shape index (κ1) is 20.2. The predicted molar refractivity (Wildman–Crippen MR) is 119 cm³/mol. The van der Waals surface area contributed by atoms with E-state index in [1.54, 1.807) is 23.3 Å². The van der Waals surface area contributed by atoms with Crippen LogP contribution in [0.5, 0.6) is 0 Å². The molecule has 30 heavy (non-hydrogen) atoms. The van der Waals surface area contributed by atoms with Gasteiger partial charge >= 0.3 is 0 Å². The Morgan fingerprint density at radius 3 is 2.83 bits per heavy atom. The van der Waals surface area contributed by atoms with E-state index >= 15 is 0 Å². The van der Waals surface area contributed by atoms with Gasteiger partial charge in [0.15, 0.2) is 0 Å². The second-order valence-electron chi connectivity index (χ2n) is 8.00. The fraction of sp³-hybridized carbons (Fsp3) is 0.391. The molecule has 0 atom stereocenters. The number of carbonyl (C=O) groups is 1. The van der Waals surface area contributed by atoms with Crippen molar-refractivity contribution in [1.29, 1.82) is 0 Å². The van der Waals surface area contributed by atoms with E-state index < -0.39 is 0 Å². The molecule has 1 fully saturated rings. The molecule has 2 aliphatic rings. The van der Waals surface area contributed by atoms with Crippen molar-refractivity contribution in [3.63, 3.8) is 0 Å². The summed E-state index contributed by atoms with van der Waals surface area (Å²) in [4.78, 5) is 25.9. The van der Waals surface area contributed by atoms with Gasteiger partial charge in [0.25, 0.3) is 5.91 Å². The third-order valence-corrected chi connectivity index (χ3v) is 5.71. The first-order chi connectivity index (χ1) is 14.4. The largest absolute Gasteiger partial charge is 0.306 e. The number of hydrogen-bond acceptors (Lipinski definition) is 5. The van der Waals surface area contributed by atoms with E-state index in [2.05, 4.69) is 40.5 Å². The van der Waals surface area contributed by atoms with Crippen LogP contribution in [0.3, 0.4) is 0 Å². The summed E-state index contributed by atoms with van der Waals surface area (Å²) < 4.78 is 1.83. The molecule has 1 amide bonds. The van der Waals surface area contributed by atoms with Crippen LogP contribution in [-0.2, 0) is 11.2 Å². The third kappa shape index (κ3) is 4.11. The van der Waals surface area contributed by atoms with Gasteiger partial charge in [0.1, 0.15) is 0 Å². The molecule has 4 heterocycles. The van der Waals surface area contributed by atoms with Crippen LogP contribution < -0.4 is 0 Å². The zero-order valence-electron chi connectivity index (χ0n) is 17.9.